The Morgan fingerprint density at radius 2 is 2.21 bits per heavy atom. The molecule has 0 saturated heterocycles. The van der Waals surface area contributed by atoms with Crippen LogP contribution in [0.25, 0.3) is 5.69 Å². The molecule has 1 heterocycles. The van der Waals surface area contributed by atoms with Gasteiger partial charge in [0.2, 0.25) is 5.95 Å². The van der Waals surface area contributed by atoms with Crippen molar-refractivity contribution in [3.8, 4) is 11.4 Å². The van der Waals surface area contributed by atoms with E-state index in [-0.39, 0.29) is 0 Å². The highest BCUT2D eigenvalue weighted by Crippen LogP contribution is 2.30. The van der Waals surface area contributed by atoms with E-state index in [1.165, 1.54) is 12.8 Å². The quantitative estimate of drug-likeness (QED) is 0.936. The van der Waals surface area contributed by atoms with Gasteiger partial charge in [0.25, 0.3) is 0 Å². The van der Waals surface area contributed by atoms with Crippen LogP contribution in [0.5, 0.6) is 5.75 Å². The molecule has 1 aromatic heterocycles. The Kier molecular flexibility index (Phi) is 3.22. The van der Waals surface area contributed by atoms with Gasteiger partial charge in [-0.3, -0.25) is 4.57 Å². The molecule has 3 rings (SSSR count). The molecule has 1 aromatic carbocycles. The Hall–Kier alpha value is -1.49. The number of hydrogen-bond acceptors (Lipinski definition) is 3. The van der Waals surface area contributed by atoms with Crippen LogP contribution < -0.4 is 10.1 Å². The van der Waals surface area contributed by atoms with E-state index in [1.807, 2.05) is 31.3 Å². The van der Waals surface area contributed by atoms with Crippen molar-refractivity contribution in [2.24, 2.45) is 0 Å². The summed E-state index contributed by atoms with van der Waals surface area (Å²) < 4.78 is 8.37. The third-order valence-electron chi connectivity index (χ3n) is 3.15. The third-order valence-corrected chi connectivity index (χ3v) is 3.80. The van der Waals surface area contributed by atoms with Gasteiger partial charge in [0.1, 0.15) is 5.75 Å². The second kappa shape index (κ2) is 4.89. The van der Waals surface area contributed by atoms with Crippen LogP contribution in [0.4, 0.5) is 5.95 Å². The summed E-state index contributed by atoms with van der Waals surface area (Å²) >= 11 is 3.47. The molecular weight excluding hydrogens is 306 g/mol. The van der Waals surface area contributed by atoms with Crippen molar-refractivity contribution < 1.29 is 4.74 Å². The fourth-order valence-corrected chi connectivity index (χ4v) is 2.41. The summed E-state index contributed by atoms with van der Waals surface area (Å²) in [6.45, 7) is 2.00. The molecule has 1 N–H and O–H groups in total. The van der Waals surface area contributed by atoms with Crippen LogP contribution in [0, 0.1) is 6.92 Å². The monoisotopic (exact) mass is 321 g/mol. The largest absolute Gasteiger partial charge is 0.495 e. The number of aryl methyl sites for hydroxylation is 1. The Bertz CT molecular complexity index is 605. The first-order valence-corrected chi connectivity index (χ1v) is 7.13. The third kappa shape index (κ3) is 2.61. The second-order valence-corrected chi connectivity index (χ2v) is 5.67. The molecule has 100 valence electrons. The van der Waals surface area contributed by atoms with Gasteiger partial charge in [-0.1, -0.05) is 0 Å². The highest BCUT2D eigenvalue weighted by molar-refractivity contribution is 9.10. The van der Waals surface area contributed by atoms with E-state index in [9.17, 15) is 0 Å². The summed E-state index contributed by atoms with van der Waals surface area (Å²) in [6, 6.07) is 6.62. The molecule has 1 aliphatic rings. The van der Waals surface area contributed by atoms with Crippen LogP contribution in [-0.2, 0) is 0 Å². The number of methoxy groups -OCH3 is 1. The smallest absolute Gasteiger partial charge is 0.207 e. The number of anilines is 1. The second-order valence-electron chi connectivity index (χ2n) is 4.81. The first kappa shape index (κ1) is 12.5. The summed E-state index contributed by atoms with van der Waals surface area (Å²) in [5.41, 5.74) is 2.05. The highest BCUT2D eigenvalue weighted by Gasteiger charge is 2.23. The first-order valence-electron chi connectivity index (χ1n) is 6.34. The molecule has 2 aromatic rings. The molecule has 5 heteroatoms. The summed E-state index contributed by atoms with van der Waals surface area (Å²) in [6.07, 6.45) is 4.50. The fourth-order valence-electron chi connectivity index (χ4n) is 2.00. The molecular formula is C14H16BrN3O. The topological polar surface area (TPSA) is 39.1 Å². The van der Waals surface area contributed by atoms with Crippen molar-refractivity contribution in [2.75, 3.05) is 12.4 Å². The van der Waals surface area contributed by atoms with Crippen LogP contribution in [0.1, 0.15) is 18.5 Å². The molecule has 0 bridgehead atoms. The Labute approximate surface area is 120 Å². The van der Waals surface area contributed by atoms with Gasteiger partial charge in [-0.25, -0.2) is 4.98 Å². The summed E-state index contributed by atoms with van der Waals surface area (Å²) in [5.74, 6) is 1.73. The van der Waals surface area contributed by atoms with Gasteiger partial charge < -0.3 is 10.1 Å². The van der Waals surface area contributed by atoms with Gasteiger partial charge in [-0.15, -0.1) is 0 Å². The van der Waals surface area contributed by atoms with Crippen molar-refractivity contribution in [1.82, 2.24) is 9.55 Å². The molecule has 1 saturated carbocycles. The number of hydrogen-bond donors (Lipinski definition) is 1. The molecule has 1 aliphatic carbocycles. The molecule has 0 radical (unpaired) electrons. The van der Waals surface area contributed by atoms with Gasteiger partial charge in [0.15, 0.2) is 0 Å². The zero-order valence-electron chi connectivity index (χ0n) is 11.0. The average molecular weight is 322 g/mol. The van der Waals surface area contributed by atoms with Crippen LogP contribution >= 0.6 is 15.9 Å². The van der Waals surface area contributed by atoms with Crippen molar-refractivity contribution in [2.45, 2.75) is 25.8 Å². The lowest BCUT2D eigenvalue weighted by molar-refractivity contribution is 0.412. The number of imidazole rings is 1. The zero-order valence-corrected chi connectivity index (χ0v) is 12.6. The lowest BCUT2D eigenvalue weighted by Gasteiger charge is -2.11. The fraction of sp³-hybridized carbons (Fsp3) is 0.357. The van der Waals surface area contributed by atoms with Gasteiger partial charge >= 0.3 is 0 Å². The normalized spacial score (nSPS) is 14.5. The van der Waals surface area contributed by atoms with Crippen LogP contribution in [0.2, 0.25) is 0 Å². The number of benzene rings is 1. The SMILES string of the molecule is COc1cc(-n2cc(C)nc2NC2CC2)ccc1Br. The van der Waals surface area contributed by atoms with E-state index in [4.69, 9.17) is 4.74 Å². The number of aromatic nitrogens is 2. The standard InChI is InChI=1S/C14H16BrN3O/c1-9-8-18(14(16-9)17-10-3-4-10)11-5-6-12(15)13(7-11)19-2/h5-8,10H,3-4H2,1-2H3,(H,16,17). The maximum Gasteiger partial charge on any atom is 0.207 e. The minimum absolute atomic E-state index is 0.581. The minimum atomic E-state index is 0.581. The van der Waals surface area contributed by atoms with E-state index in [0.29, 0.717) is 6.04 Å². The maximum absolute atomic E-state index is 5.35. The van der Waals surface area contributed by atoms with Crippen LogP contribution in [0.3, 0.4) is 0 Å². The number of nitrogens with zero attached hydrogens (tertiary/aromatic N) is 2. The predicted octanol–water partition coefficient (Wildman–Crippen LogP) is 3.53. The molecule has 19 heavy (non-hydrogen) atoms. The lowest BCUT2D eigenvalue weighted by Crippen LogP contribution is -2.07. The van der Waals surface area contributed by atoms with Gasteiger partial charge in [0, 0.05) is 18.3 Å². The summed E-state index contributed by atoms with van der Waals surface area (Å²) in [7, 11) is 1.67. The molecule has 0 atom stereocenters. The predicted molar refractivity (Wildman–Crippen MR) is 79.2 cm³/mol. The highest BCUT2D eigenvalue weighted by atomic mass is 79.9. The number of ether oxygens (including phenoxy) is 1. The van der Waals surface area contributed by atoms with E-state index in [2.05, 4.69) is 30.8 Å². The van der Waals surface area contributed by atoms with Crippen molar-refractivity contribution in [3.05, 3.63) is 34.6 Å². The molecule has 0 unspecified atom stereocenters. The van der Waals surface area contributed by atoms with E-state index in [1.54, 1.807) is 7.11 Å². The summed E-state index contributed by atoms with van der Waals surface area (Å²) in [4.78, 5) is 4.54. The van der Waals surface area contributed by atoms with Gasteiger partial charge in [-0.05, 0) is 47.8 Å². The average Bonchev–Trinajstić information content (AvgIpc) is 3.13. The Morgan fingerprint density at radius 3 is 2.89 bits per heavy atom. The van der Waals surface area contributed by atoms with E-state index < -0.39 is 0 Å². The molecule has 4 nitrogen and oxygen atoms in total. The first-order chi connectivity index (χ1) is 9.17. The number of rotatable bonds is 4. The molecule has 0 amide bonds. The maximum atomic E-state index is 5.35. The molecule has 0 aliphatic heterocycles. The van der Waals surface area contributed by atoms with Crippen molar-refractivity contribution in [1.29, 1.82) is 0 Å². The number of halogens is 1. The molecule has 1 fully saturated rings. The minimum Gasteiger partial charge on any atom is -0.495 e. The number of nitrogens with one attached hydrogen (secondary N) is 1. The van der Waals surface area contributed by atoms with Crippen molar-refractivity contribution >= 4 is 21.9 Å². The molecule has 0 spiro atoms. The Balaban J connectivity index is 2.00. The Morgan fingerprint density at radius 1 is 1.42 bits per heavy atom. The van der Waals surface area contributed by atoms with E-state index in [0.717, 1.165) is 27.6 Å². The summed E-state index contributed by atoms with van der Waals surface area (Å²) in [5, 5.41) is 3.46. The van der Waals surface area contributed by atoms with Crippen LogP contribution in [0.15, 0.2) is 28.9 Å². The van der Waals surface area contributed by atoms with Crippen molar-refractivity contribution in [3.63, 3.8) is 0 Å². The van der Waals surface area contributed by atoms with E-state index >= 15 is 0 Å². The van der Waals surface area contributed by atoms with Crippen LogP contribution in [-0.4, -0.2) is 22.7 Å². The lowest BCUT2D eigenvalue weighted by atomic mass is 10.3. The zero-order chi connectivity index (χ0) is 13.4. The van der Waals surface area contributed by atoms with Gasteiger partial charge in [-0.2, -0.15) is 0 Å². The van der Waals surface area contributed by atoms with Gasteiger partial charge in [0.05, 0.1) is 23.0 Å².